The second-order valence-corrected chi connectivity index (χ2v) is 4.99. The molecule has 0 aromatic heterocycles. The third kappa shape index (κ3) is 3.31. The van der Waals surface area contributed by atoms with Crippen molar-refractivity contribution in [2.75, 3.05) is 5.32 Å². The average Bonchev–Trinajstić information content (AvgIpc) is 2.43. The number of carbonyl (C=O) groups is 1. The molecule has 4 N–H and O–H groups in total. The smallest absolute Gasteiger partial charge is 0.251 e. The van der Waals surface area contributed by atoms with Crippen molar-refractivity contribution in [1.29, 1.82) is 0 Å². The Morgan fingerprint density at radius 3 is 2.67 bits per heavy atom. The summed E-state index contributed by atoms with van der Waals surface area (Å²) in [5.74, 6) is -1.29. The van der Waals surface area contributed by atoms with E-state index in [-0.39, 0.29) is 17.4 Å². The van der Waals surface area contributed by atoms with E-state index in [9.17, 15) is 14.3 Å². The Hall–Kier alpha value is -2.56. The first-order chi connectivity index (χ1) is 9.88. The number of benzene rings is 2. The highest BCUT2D eigenvalue weighted by Gasteiger charge is 2.13. The zero-order chi connectivity index (χ0) is 15.6. The van der Waals surface area contributed by atoms with Gasteiger partial charge in [0.2, 0.25) is 0 Å². The van der Waals surface area contributed by atoms with Crippen molar-refractivity contribution in [1.82, 2.24) is 0 Å². The lowest BCUT2D eigenvalue weighted by atomic mass is 10.0. The first kappa shape index (κ1) is 14.8. The molecular formula is C16H17FN2O2. The average molecular weight is 288 g/mol. The topological polar surface area (TPSA) is 75.3 Å². The highest BCUT2D eigenvalue weighted by molar-refractivity contribution is 5.94. The molecule has 0 saturated carbocycles. The molecule has 4 nitrogen and oxygen atoms in total. The van der Waals surface area contributed by atoms with E-state index in [2.05, 4.69) is 5.32 Å². The number of amides is 1. The van der Waals surface area contributed by atoms with Crippen molar-refractivity contribution in [2.24, 2.45) is 5.73 Å². The third-order valence-electron chi connectivity index (χ3n) is 3.26. The molecule has 2 aromatic carbocycles. The summed E-state index contributed by atoms with van der Waals surface area (Å²) in [7, 11) is 0. The fraction of sp³-hybridized carbons (Fsp3) is 0.188. The molecule has 1 unspecified atom stereocenters. The van der Waals surface area contributed by atoms with Crippen molar-refractivity contribution < 1.29 is 14.3 Å². The van der Waals surface area contributed by atoms with Gasteiger partial charge in [0.1, 0.15) is 11.6 Å². The van der Waals surface area contributed by atoms with Crippen LogP contribution in [-0.2, 0) is 0 Å². The minimum absolute atomic E-state index is 0.166. The molecule has 0 fully saturated rings. The zero-order valence-electron chi connectivity index (χ0n) is 11.9. The standard InChI is InChI=1S/C16H17FN2O2/c1-9-3-6-15(20)12(7-9)10(2)19-11-4-5-14(17)13(8-11)16(18)21/h3-8,10,19-20H,1-2H3,(H2,18,21). The molecule has 0 aliphatic heterocycles. The van der Waals surface area contributed by atoms with Gasteiger partial charge < -0.3 is 16.2 Å². The van der Waals surface area contributed by atoms with E-state index in [0.717, 1.165) is 11.1 Å². The van der Waals surface area contributed by atoms with Gasteiger partial charge in [-0.05, 0) is 38.1 Å². The number of aromatic hydroxyl groups is 1. The Bertz CT molecular complexity index is 686. The number of carbonyl (C=O) groups excluding carboxylic acids is 1. The Labute approximate surface area is 122 Å². The highest BCUT2D eigenvalue weighted by atomic mass is 19.1. The summed E-state index contributed by atoms with van der Waals surface area (Å²) in [5, 5.41) is 13.0. The van der Waals surface area contributed by atoms with Gasteiger partial charge in [0.15, 0.2) is 0 Å². The maximum atomic E-state index is 13.4. The van der Waals surface area contributed by atoms with Gasteiger partial charge in [-0.2, -0.15) is 0 Å². The van der Waals surface area contributed by atoms with Crippen molar-refractivity contribution in [2.45, 2.75) is 19.9 Å². The summed E-state index contributed by atoms with van der Waals surface area (Å²) in [4.78, 5) is 11.1. The normalized spacial score (nSPS) is 12.0. The van der Waals surface area contributed by atoms with Crippen molar-refractivity contribution in [3.63, 3.8) is 0 Å². The van der Waals surface area contributed by atoms with Crippen LogP contribution in [0.4, 0.5) is 10.1 Å². The van der Waals surface area contributed by atoms with Crippen molar-refractivity contribution >= 4 is 11.6 Å². The molecule has 21 heavy (non-hydrogen) atoms. The molecule has 0 radical (unpaired) electrons. The van der Waals surface area contributed by atoms with Gasteiger partial charge >= 0.3 is 0 Å². The van der Waals surface area contributed by atoms with E-state index < -0.39 is 11.7 Å². The van der Waals surface area contributed by atoms with E-state index in [4.69, 9.17) is 5.73 Å². The molecule has 0 spiro atoms. The number of hydrogen-bond acceptors (Lipinski definition) is 3. The summed E-state index contributed by atoms with van der Waals surface area (Å²) in [6.07, 6.45) is 0. The van der Waals surface area contributed by atoms with Crippen LogP contribution in [0.25, 0.3) is 0 Å². The van der Waals surface area contributed by atoms with Crippen LogP contribution in [0.3, 0.4) is 0 Å². The number of nitrogens with two attached hydrogens (primary N) is 1. The van der Waals surface area contributed by atoms with Gasteiger partial charge in [0, 0.05) is 11.3 Å². The van der Waals surface area contributed by atoms with Crippen LogP contribution in [0, 0.1) is 12.7 Å². The molecule has 2 rings (SSSR count). The van der Waals surface area contributed by atoms with E-state index in [1.807, 2.05) is 26.0 Å². The largest absolute Gasteiger partial charge is 0.508 e. The molecule has 0 heterocycles. The van der Waals surface area contributed by atoms with Gasteiger partial charge in [0.25, 0.3) is 5.91 Å². The predicted octanol–water partition coefficient (Wildman–Crippen LogP) is 3.11. The Morgan fingerprint density at radius 1 is 1.29 bits per heavy atom. The van der Waals surface area contributed by atoms with Crippen LogP contribution < -0.4 is 11.1 Å². The summed E-state index contributed by atoms with van der Waals surface area (Å²) in [6, 6.07) is 9.16. The lowest BCUT2D eigenvalue weighted by Gasteiger charge is -2.18. The third-order valence-corrected chi connectivity index (χ3v) is 3.26. The van der Waals surface area contributed by atoms with Gasteiger partial charge in [0.05, 0.1) is 11.6 Å². The van der Waals surface area contributed by atoms with E-state index in [1.165, 1.54) is 18.2 Å². The van der Waals surface area contributed by atoms with Crippen LogP contribution in [0.15, 0.2) is 36.4 Å². The fourth-order valence-electron chi connectivity index (χ4n) is 2.15. The van der Waals surface area contributed by atoms with Gasteiger partial charge in [-0.3, -0.25) is 4.79 Å². The van der Waals surface area contributed by atoms with Gasteiger partial charge in [-0.1, -0.05) is 17.7 Å². The van der Waals surface area contributed by atoms with E-state index in [0.29, 0.717) is 5.69 Å². The van der Waals surface area contributed by atoms with Gasteiger partial charge in [-0.15, -0.1) is 0 Å². The van der Waals surface area contributed by atoms with E-state index in [1.54, 1.807) is 6.07 Å². The molecule has 1 atom stereocenters. The van der Waals surface area contributed by atoms with Crippen LogP contribution in [0.5, 0.6) is 5.75 Å². The minimum Gasteiger partial charge on any atom is -0.508 e. The predicted molar refractivity (Wildman–Crippen MR) is 79.8 cm³/mol. The first-order valence-electron chi connectivity index (χ1n) is 6.54. The SMILES string of the molecule is Cc1ccc(O)c(C(C)Nc2ccc(F)c(C(N)=O)c2)c1. The van der Waals surface area contributed by atoms with Crippen molar-refractivity contribution in [3.05, 3.63) is 58.9 Å². The second kappa shape index (κ2) is 5.83. The number of halogens is 1. The Kier molecular flexibility index (Phi) is 4.12. The first-order valence-corrected chi connectivity index (χ1v) is 6.54. The maximum absolute atomic E-state index is 13.4. The number of nitrogens with one attached hydrogen (secondary N) is 1. The van der Waals surface area contributed by atoms with Crippen LogP contribution in [-0.4, -0.2) is 11.0 Å². The second-order valence-electron chi connectivity index (χ2n) is 4.99. The molecule has 0 saturated heterocycles. The number of primary amides is 1. The Morgan fingerprint density at radius 2 is 2.00 bits per heavy atom. The quantitative estimate of drug-likeness (QED) is 0.809. The molecule has 2 aromatic rings. The molecule has 0 aliphatic rings. The fourth-order valence-corrected chi connectivity index (χ4v) is 2.15. The number of aryl methyl sites for hydroxylation is 1. The van der Waals surface area contributed by atoms with Gasteiger partial charge in [-0.25, -0.2) is 4.39 Å². The van der Waals surface area contributed by atoms with E-state index >= 15 is 0 Å². The lowest BCUT2D eigenvalue weighted by Crippen LogP contribution is -2.14. The molecular weight excluding hydrogens is 271 g/mol. The minimum atomic E-state index is -0.817. The summed E-state index contributed by atoms with van der Waals surface area (Å²) in [5.41, 5.74) is 7.25. The number of rotatable bonds is 4. The summed E-state index contributed by atoms with van der Waals surface area (Å²) in [6.45, 7) is 3.79. The van der Waals surface area contributed by atoms with Crippen molar-refractivity contribution in [3.8, 4) is 5.75 Å². The maximum Gasteiger partial charge on any atom is 0.251 e. The van der Waals surface area contributed by atoms with Crippen LogP contribution in [0.1, 0.15) is 34.5 Å². The number of hydrogen-bond donors (Lipinski definition) is 3. The zero-order valence-corrected chi connectivity index (χ0v) is 11.9. The lowest BCUT2D eigenvalue weighted by molar-refractivity contribution is 0.0996. The highest BCUT2D eigenvalue weighted by Crippen LogP contribution is 2.28. The van der Waals surface area contributed by atoms with Crippen LogP contribution in [0.2, 0.25) is 0 Å². The molecule has 1 amide bonds. The summed E-state index contributed by atoms with van der Waals surface area (Å²) < 4.78 is 13.4. The number of phenolic OH excluding ortho intramolecular Hbond substituents is 1. The molecule has 0 aliphatic carbocycles. The Balaban J connectivity index is 2.27. The van der Waals surface area contributed by atoms with Crippen LogP contribution >= 0.6 is 0 Å². The molecule has 0 bridgehead atoms. The summed E-state index contributed by atoms with van der Waals surface area (Å²) >= 11 is 0. The molecule has 110 valence electrons. The number of phenols is 1. The monoisotopic (exact) mass is 288 g/mol. The number of anilines is 1. The molecule has 5 heteroatoms.